The Kier molecular flexibility index (Phi) is 3.92. The second-order valence-electron chi connectivity index (χ2n) is 5.16. The van der Waals surface area contributed by atoms with Crippen LogP contribution in [0.25, 0.3) is 0 Å². The maximum Gasteiger partial charge on any atom is 0.418 e. The van der Waals surface area contributed by atoms with E-state index in [9.17, 15) is 13.2 Å². The average Bonchev–Trinajstić information content (AvgIpc) is 2.33. The Morgan fingerprint density at radius 1 is 1.21 bits per heavy atom. The molecule has 0 bridgehead atoms. The molecule has 2 rings (SSSR count). The van der Waals surface area contributed by atoms with Crippen molar-refractivity contribution in [2.45, 2.75) is 44.9 Å². The van der Waals surface area contributed by atoms with Gasteiger partial charge < -0.3 is 10.5 Å². The minimum absolute atomic E-state index is 0.00143. The molecule has 1 aromatic rings. The highest BCUT2D eigenvalue weighted by atomic mass is 19.4. The van der Waals surface area contributed by atoms with E-state index in [-0.39, 0.29) is 17.5 Å². The van der Waals surface area contributed by atoms with Gasteiger partial charge in [-0.25, -0.2) is 0 Å². The Bertz CT molecular complexity index is 445. The van der Waals surface area contributed by atoms with Crippen LogP contribution in [0.4, 0.5) is 18.9 Å². The van der Waals surface area contributed by atoms with Crippen molar-refractivity contribution in [3.63, 3.8) is 0 Å². The predicted octanol–water partition coefficient (Wildman–Crippen LogP) is 4.25. The van der Waals surface area contributed by atoms with Crippen LogP contribution in [0.2, 0.25) is 0 Å². The highest BCUT2D eigenvalue weighted by molar-refractivity contribution is 5.52. The quantitative estimate of drug-likeness (QED) is 0.818. The van der Waals surface area contributed by atoms with Crippen LogP contribution >= 0.6 is 0 Å². The summed E-state index contributed by atoms with van der Waals surface area (Å²) >= 11 is 0. The van der Waals surface area contributed by atoms with E-state index >= 15 is 0 Å². The second kappa shape index (κ2) is 5.31. The summed E-state index contributed by atoms with van der Waals surface area (Å²) in [6.45, 7) is 2.08. The number of benzene rings is 1. The molecule has 0 spiro atoms. The first kappa shape index (κ1) is 14.0. The standard InChI is InChI=1S/C14H18F3NO/c1-9-4-2-3-5-13(9)19-10-6-7-12(18)11(8-10)14(15,16)17/h6-9,13H,2-5,18H2,1H3. The van der Waals surface area contributed by atoms with E-state index in [1.165, 1.54) is 12.1 Å². The van der Waals surface area contributed by atoms with Crippen LogP contribution in [0.3, 0.4) is 0 Å². The first-order valence-corrected chi connectivity index (χ1v) is 6.51. The van der Waals surface area contributed by atoms with E-state index in [1.807, 2.05) is 0 Å². The van der Waals surface area contributed by atoms with Crippen molar-refractivity contribution in [2.75, 3.05) is 5.73 Å². The summed E-state index contributed by atoms with van der Waals surface area (Å²) in [5.74, 6) is 0.626. The summed E-state index contributed by atoms with van der Waals surface area (Å²) in [4.78, 5) is 0. The topological polar surface area (TPSA) is 35.2 Å². The van der Waals surface area contributed by atoms with E-state index in [1.54, 1.807) is 0 Å². The maximum absolute atomic E-state index is 12.7. The molecular weight excluding hydrogens is 255 g/mol. The van der Waals surface area contributed by atoms with Gasteiger partial charge in [0.2, 0.25) is 0 Å². The SMILES string of the molecule is CC1CCCCC1Oc1ccc(N)c(C(F)(F)F)c1. The lowest BCUT2D eigenvalue weighted by Crippen LogP contribution is -2.28. The molecule has 1 aliphatic carbocycles. The van der Waals surface area contributed by atoms with Crippen molar-refractivity contribution in [3.05, 3.63) is 23.8 Å². The van der Waals surface area contributed by atoms with Gasteiger partial charge in [-0.2, -0.15) is 13.2 Å². The molecule has 0 amide bonds. The number of hydrogen-bond donors (Lipinski definition) is 1. The molecule has 2 atom stereocenters. The summed E-state index contributed by atoms with van der Waals surface area (Å²) in [5.41, 5.74) is 4.27. The number of hydrogen-bond acceptors (Lipinski definition) is 2. The van der Waals surface area contributed by atoms with Gasteiger partial charge in [0.25, 0.3) is 0 Å². The molecule has 2 unspecified atom stereocenters. The average molecular weight is 273 g/mol. The van der Waals surface area contributed by atoms with Crippen molar-refractivity contribution >= 4 is 5.69 Å². The Hall–Kier alpha value is -1.39. The van der Waals surface area contributed by atoms with Gasteiger partial charge in [0, 0.05) is 5.69 Å². The Labute approximate surface area is 110 Å². The zero-order chi connectivity index (χ0) is 14.0. The lowest BCUT2D eigenvalue weighted by atomic mass is 9.88. The Balaban J connectivity index is 2.17. The number of anilines is 1. The van der Waals surface area contributed by atoms with Crippen LogP contribution < -0.4 is 10.5 Å². The van der Waals surface area contributed by atoms with E-state index in [0.717, 1.165) is 31.7 Å². The fraction of sp³-hybridized carbons (Fsp3) is 0.571. The summed E-state index contributed by atoms with van der Waals surface area (Å²) in [6.07, 6.45) is -0.258. The highest BCUT2D eigenvalue weighted by Gasteiger charge is 2.33. The summed E-state index contributed by atoms with van der Waals surface area (Å²) in [5, 5.41) is 0. The third-order valence-corrected chi connectivity index (χ3v) is 3.65. The van der Waals surface area contributed by atoms with Gasteiger partial charge in [0.1, 0.15) is 11.9 Å². The summed E-state index contributed by atoms with van der Waals surface area (Å²) in [7, 11) is 0. The molecule has 0 saturated heterocycles. The van der Waals surface area contributed by atoms with Gasteiger partial charge in [0.05, 0.1) is 5.56 Å². The number of rotatable bonds is 2. The molecule has 0 heterocycles. The minimum Gasteiger partial charge on any atom is -0.490 e. The molecule has 19 heavy (non-hydrogen) atoms. The third-order valence-electron chi connectivity index (χ3n) is 3.65. The van der Waals surface area contributed by atoms with Crippen LogP contribution in [0.15, 0.2) is 18.2 Å². The van der Waals surface area contributed by atoms with Crippen LogP contribution in [0.1, 0.15) is 38.2 Å². The molecule has 5 heteroatoms. The zero-order valence-electron chi connectivity index (χ0n) is 10.8. The number of ether oxygens (including phenoxy) is 1. The zero-order valence-corrected chi connectivity index (χ0v) is 10.8. The van der Waals surface area contributed by atoms with Gasteiger partial charge in [-0.05, 0) is 43.4 Å². The van der Waals surface area contributed by atoms with Crippen LogP contribution in [0, 0.1) is 5.92 Å². The molecule has 1 fully saturated rings. The van der Waals surface area contributed by atoms with Gasteiger partial charge in [-0.1, -0.05) is 13.3 Å². The van der Waals surface area contributed by atoms with Crippen LogP contribution in [-0.4, -0.2) is 6.10 Å². The number of halogens is 3. The van der Waals surface area contributed by atoms with E-state index < -0.39 is 11.7 Å². The molecule has 1 aromatic carbocycles. The second-order valence-corrected chi connectivity index (χ2v) is 5.16. The van der Waals surface area contributed by atoms with Gasteiger partial charge >= 0.3 is 6.18 Å². The Morgan fingerprint density at radius 2 is 1.89 bits per heavy atom. The fourth-order valence-corrected chi connectivity index (χ4v) is 2.49. The van der Waals surface area contributed by atoms with E-state index in [0.29, 0.717) is 5.92 Å². The number of alkyl halides is 3. The molecule has 1 aliphatic rings. The lowest BCUT2D eigenvalue weighted by molar-refractivity contribution is -0.137. The number of nitrogen functional groups attached to an aromatic ring is 1. The van der Waals surface area contributed by atoms with Crippen molar-refractivity contribution in [1.82, 2.24) is 0 Å². The maximum atomic E-state index is 12.7. The fourth-order valence-electron chi connectivity index (χ4n) is 2.49. The molecular formula is C14H18F3NO. The molecule has 0 aromatic heterocycles. The molecule has 2 nitrogen and oxygen atoms in total. The first-order valence-electron chi connectivity index (χ1n) is 6.51. The van der Waals surface area contributed by atoms with Crippen molar-refractivity contribution in [2.24, 2.45) is 5.92 Å². The highest BCUT2D eigenvalue weighted by Crippen LogP contribution is 2.37. The normalized spacial score (nSPS) is 24.2. The smallest absolute Gasteiger partial charge is 0.418 e. The monoisotopic (exact) mass is 273 g/mol. The van der Waals surface area contributed by atoms with Crippen molar-refractivity contribution in [1.29, 1.82) is 0 Å². The summed E-state index contributed by atoms with van der Waals surface area (Å²) < 4.78 is 43.9. The van der Waals surface area contributed by atoms with Gasteiger partial charge in [0.15, 0.2) is 0 Å². The van der Waals surface area contributed by atoms with Crippen LogP contribution in [0.5, 0.6) is 5.75 Å². The lowest BCUT2D eigenvalue weighted by Gasteiger charge is -2.29. The van der Waals surface area contributed by atoms with E-state index in [4.69, 9.17) is 10.5 Å². The molecule has 2 N–H and O–H groups in total. The minimum atomic E-state index is -4.44. The van der Waals surface area contributed by atoms with Crippen LogP contribution in [-0.2, 0) is 6.18 Å². The third kappa shape index (κ3) is 3.33. The van der Waals surface area contributed by atoms with Crippen molar-refractivity contribution in [3.8, 4) is 5.75 Å². The predicted molar refractivity (Wildman–Crippen MR) is 67.9 cm³/mol. The van der Waals surface area contributed by atoms with E-state index in [2.05, 4.69) is 6.92 Å². The van der Waals surface area contributed by atoms with Gasteiger partial charge in [-0.15, -0.1) is 0 Å². The molecule has 0 aliphatic heterocycles. The molecule has 106 valence electrons. The molecule has 0 radical (unpaired) electrons. The molecule has 1 saturated carbocycles. The number of nitrogens with two attached hydrogens (primary N) is 1. The summed E-state index contributed by atoms with van der Waals surface area (Å²) in [6, 6.07) is 3.76. The van der Waals surface area contributed by atoms with Crippen molar-refractivity contribution < 1.29 is 17.9 Å². The van der Waals surface area contributed by atoms with Gasteiger partial charge in [-0.3, -0.25) is 0 Å². The first-order chi connectivity index (χ1) is 8.88. The Morgan fingerprint density at radius 3 is 2.53 bits per heavy atom. The largest absolute Gasteiger partial charge is 0.490 e.